The lowest BCUT2D eigenvalue weighted by atomic mass is 9.98. The summed E-state index contributed by atoms with van der Waals surface area (Å²) >= 11 is 7.97. The van der Waals surface area contributed by atoms with Crippen molar-refractivity contribution < 1.29 is 9.53 Å². The van der Waals surface area contributed by atoms with E-state index in [-0.39, 0.29) is 16.3 Å². The average Bonchev–Trinajstić information content (AvgIpc) is 3.20. The van der Waals surface area contributed by atoms with Crippen LogP contribution in [0.4, 0.5) is 0 Å². The highest BCUT2D eigenvalue weighted by atomic mass is 79.9. The van der Waals surface area contributed by atoms with Gasteiger partial charge in [0.2, 0.25) is 0 Å². The molecule has 3 rings (SSSR count). The van der Waals surface area contributed by atoms with Gasteiger partial charge in [0.25, 0.3) is 0 Å². The number of ether oxygens (including phenoxy) is 1. The number of carbonyl (C=O) groups excluding carboxylic acids is 1. The lowest BCUT2D eigenvalue weighted by molar-refractivity contribution is -0.143. The van der Waals surface area contributed by atoms with Crippen molar-refractivity contribution in [3.63, 3.8) is 0 Å². The molecule has 0 saturated carbocycles. The van der Waals surface area contributed by atoms with Gasteiger partial charge in [-0.2, -0.15) is 9.78 Å². The van der Waals surface area contributed by atoms with Gasteiger partial charge in [0.1, 0.15) is 5.01 Å². The lowest BCUT2D eigenvalue weighted by Gasteiger charge is -2.12. The number of thiazole rings is 1. The van der Waals surface area contributed by atoms with E-state index >= 15 is 0 Å². The van der Waals surface area contributed by atoms with Crippen LogP contribution in [0.25, 0.3) is 15.9 Å². The first-order valence-electron chi connectivity index (χ1n) is 9.18. The van der Waals surface area contributed by atoms with Gasteiger partial charge in [-0.15, -0.1) is 11.3 Å². The predicted octanol–water partition coefficient (Wildman–Crippen LogP) is 5.40. The number of halogens is 1. The fourth-order valence-electron chi connectivity index (χ4n) is 2.48. The highest BCUT2D eigenvalue weighted by Gasteiger charge is 2.22. The van der Waals surface area contributed by atoms with Gasteiger partial charge in [0, 0.05) is 22.1 Å². The van der Waals surface area contributed by atoms with E-state index in [1.165, 1.54) is 16.0 Å². The highest BCUT2D eigenvalue weighted by molar-refractivity contribution is 9.10. The highest BCUT2D eigenvalue weighted by Crippen LogP contribution is 2.34. The Kier molecular flexibility index (Phi) is 7.19. The number of hydrogen-bond acceptors (Lipinski definition) is 8. The molecule has 0 amide bonds. The van der Waals surface area contributed by atoms with Crippen molar-refractivity contribution in [2.24, 2.45) is 0 Å². The number of hydrogen-bond donors (Lipinski definition) is 0. The third-order valence-electron chi connectivity index (χ3n) is 3.91. The Hall–Kier alpha value is -1.23. The Labute approximate surface area is 189 Å². The van der Waals surface area contributed by atoms with E-state index in [1.807, 2.05) is 39.8 Å². The van der Waals surface area contributed by atoms with Crippen molar-refractivity contribution in [3.05, 3.63) is 31.3 Å². The van der Waals surface area contributed by atoms with Crippen molar-refractivity contribution in [2.45, 2.75) is 50.3 Å². The Morgan fingerprint density at radius 2 is 2.07 bits per heavy atom. The zero-order valence-electron chi connectivity index (χ0n) is 16.7. The van der Waals surface area contributed by atoms with Crippen molar-refractivity contribution in [1.82, 2.24) is 14.8 Å². The summed E-state index contributed by atoms with van der Waals surface area (Å²) in [7, 11) is 0. The van der Waals surface area contributed by atoms with Crippen LogP contribution in [0.2, 0.25) is 0 Å². The summed E-state index contributed by atoms with van der Waals surface area (Å²) < 4.78 is 9.17. The summed E-state index contributed by atoms with van der Waals surface area (Å²) in [5.74, 6) is 0.641. The number of thioether (sulfide) groups is 1. The van der Waals surface area contributed by atoms with E-state index in [0.29, 0.717) is 18.7 Å². The maximum atomic E-state index is 12.5. The molecule has 1 aromatic carbocycles. The van der Waals surface area contributed by atoms with Crippen LogP contribution < -0.4 is 4.87 Å². The smallest absolute Gasteiger partial charge is 0.329 e. The molecule has 0 saturated heterocycles. The number of fused-ring (bicyclic) bond motifs is 1. The fourth-order valence-corrected chi connectivity index (χ4v) is 6.07. The average molecular weight is 517 g/mol. The zero-order chi connectivity index (χ0) is 21.2. The van der Waals surface area contributed by atoms with Gasteiger partial charge in [-0.25, -0.2) is 4.98 Å². The molecule has 29 heavy (non-hydrogen) atoms. The molecule has 2 heterocycles. The number of rotatable bonds is 7. The minimum Gasteiger partial charge on any atom is -0.466 e. The van der Waals surface area contributed by atoms with Crippen molar-refractivity contribution in [2.75, 3.05) is 12.4 Å². The second kappa shape index (κ2) is 9.28. The SMILES string of the molecule is CCOC(=O)CCCSc1nc2cc(-n3nc(C(C)(C)C)sc3=O)c(Br)cc2s1. The fraction of sp³-hybridized carbons (Fsp3) is 0.474. The molecule has 10 heteroatoms. The minimum absolute atomic E-state index is 0.112. The Morgan fingerprint density at radius 3 is 2.72 bits per heavy atom. The van der Waals surface area contributed by atoms with Crippen LogP contribution in [0.1, 0.15) is 45.5 Å². The van der Waals surface area contributed by atoms with Crippen LogP contribution in [0.5, 0.6) is 0 Å². The second-order valence-corrected chi connectivity index (χ2v) is 11.5. The molecule has 156 valence electrons. The molecule has 0 fully saturated rings. The first kappa shape index (κ1) is 22.5. The van der Waals surface area contributed by atoms with Crippen LogP contribution >= 0.6 is 50.4 Å². The van der Waals surface area contributed by atoms with Crippen LogP contribution in [0.15, 0.2) is 25.7 Å². The number of esters is 1. The van der Waals surface area contributed by atoms with Crippen LogP contribution in [-0.2, 0) is 14.9 Å². The van der Waals surface area contributed by atoms with Crippen LogP contribution in [-0.4, -0.2) is 33.1 Å². The minimum atomic E-state index is -0.181. The number of nitrogens with zero attached hydrogens (tertiary/aromatic N) is 3. The lowest BCUT2D eigenvalue weighted by Crippen LogP contribution is -2.14. The Morgan fingerprint density at radius 1 is 1.31 bits per heavy atom. The van der Waals surface area contributed by atoms with Gasteiger partial charge in [0.05, 0.1) is 22.5 Å². The summed E-state index contributed by atoms with van der Waals surface area (Å²) in [4.78, 5) is 28.5. The van der Waals surface area contributed by atoms with Gasteiger partial charge in [-0.1, -0.05) is 43.9 Å². The molecule has 0 unspecified atom stereocenters. The third-order valence-corrected chi connectivity index (χ3v) is 8.03. The normalized spacial score (nSPS) is 11.9. The molecule has 0 aliphatic rings. The largest absolute Gasteiger partial charge is 0.466 e. The molecule has 0 aliphatic carbocycles. The molecule has 0 N–H and O–H groups in total. The summed E-state index contributed by atoms with van der Waals surface area (Å²) in [5, 5.41) is 5.33. The monoisotopic (exact) mass is 515 g/mol. The van der Waals surface area contributed by atoms with Gasteiger partial charge in [-0.05, 0) is 41.4 Å². The van der Waals surface area contributed by atoms with E-state index in [0.717, 1.165) is 36.2 Å². The number of benzene rings is 1. The van der Waals surface area contributed by atoms with Crippen molar-refractivity contribution in [1.29, 1.82) is 0 Å². The predicted molar refractivity (Wildman–Crippen MR) is 124 cm³/mol. The zero-order valence-corrected chi connectivity index (χ0v) is 20.7. The molecule has 0 bridgehead atoms. The second-order valence-electron chi connectivity index (χ2n) is 7.34. The molecule has 3 aromatic rings. The molecule has 0 aliphatic heterocycles. The summed E-state index contributed by atoms with van der Waals surface area (Å²) in [6, 6.07) is 3.87. The maximum absolute atomic E-state index is 12.5. The molecule has 0 radical (unpaired) electrons. The first-order valence-corrected chi connectivity index (χ1v) is 12.6. The van der Waals surface area contributed by atoms with E-state index in [4.69, 9.17) is 4.74 Å². The van der Waals surface area contributed by atoms with E-state index in [2.05, 4.69) is 26.0 Å². The molecule has 2 aromatic heterocycles. The summed E-state index contributed by atoms with van der Waals surface area (Å²) in [6.45, 7) is 8.35. The standard InChI is InChI=1S/C19H22BrN3O3S3/c1-5-26-15(24)7-6-8-27-17-21-12-10-13(11(20)9-14(12)28-17)23-18(25)29-16(22-23)19(2,3)4/h9-10H,5-8H2,1-4H3. The molecular weight excluding hydrogens is 494 g/mol. The van der Waals surface area contributed by atoms with Gasteiger partial charge >= 0.3 is 10.8 Å². The Bertz CT molecular complexity index is 1080. The molecule has 0 atom stereocenters. The topological polar surface area (TPSA) is 74.1 Å². The maximum Gasteiger partial charge on any atom is 0.329 e. The first-order chi connectivity index (χ1) is 13.7. The van der Waals surface area contributed by atoms with Crippen molar-refractivity contribution in [3.8, 4) is 5.69 Å². The number of carbonyl (C=O) groups is 1. The van der Waals surface area contributed by atoms with Crippen molar-refractivity contribution >= 4 is 66.6 Å². The van der Waals surface area contributed by atoms with E-state index < -0.39 is 0 Å². The quantitative estimate of drug-likeness (QED) is 0.238. The Balaban J connectivity index is 1.79. The van der Waals surface area contributed by atoms with E-state index in [9.17, 15) is 9.59 Å². The van der Waals surface area contributed by atoms with Crippen LogP contribution in [0, 0.1) is 0 Å². The molecular formula is C19H22BrN3O3S3. The van der Waals surface area contributed by atoms with Gasteiger partial charge in [0.15, 0.2) is 4.34 Å². The van der Waals surface area contributed by atoms with Gasteiger partial charge in [-0.3, -0.25) is 9.59 Å². The van der Waals surface area contributed by atoms with Crippen LogP contribution in [0.3, 0.4) is 0 Å². The van der Waals surface area contributed by atoms with E-state index in [1.54, 1.807) is 23.1 Å². The molecule has 0 spiro atoms. The summed E-state index contributed by atoms with van der Waals surface area (Å²) in [6.07, 6.45) is 1.17. The summed E-state index contributed by atoms with van der Waals surface area (Å²) in [5.41, 5.74) is 1.34. The third kappa shape index (κ3) is 5.48. The van der Waals surface area contributed by atoms with Gasteiger partial charge < -0.3 is 4.74 Å². The molecule has 6 nitrogen and oxygen atoms in total. The number of aromatic nitrogens is 3.